The molecular weight excluding hydrogens is 258 g/mol. The maximum absolute atomic E-state index is 4.66. The Bertz CT molecular complexity index is 608. The zero-order valence-corrected chi connectivity index (χ0v) is 13.2. The van der Waals surface area contributed by atoms with Gasteiger partial charge >= 0.3 is 0 Å². The van der Waals surface area contributed by atoms with E-state index in [1.54, 1.807) is 0 Å². The van der Waals surface area contributed by atoms with E-state index in [-0.39, 0.29) is 0 Å². The highest BCUT2D eigenvalue weighted by molar-refractivity contribution is 5.92. The van der Waals surface area contributed by atoms with Gasteiger partial charge in [0.05, 0.1) is 5.52 Å². The maximum atomic E-state index is 4.66. The van der Waals surface area contributed by atoms with Crippen LogP contribution in [0, 0.1) is 6.92 Å². The SMILES string of the molecule is CCCN1CCCN(c2cc(C)nc3ccccc23)CC1. The highest BCUT2D eigenvalue weighted by Crippen LogP contribution is 2.27. The average Bonchev–Trinajstić information content (AvgIpc) is 2.72. The highest BCUT2D eigenvalue weighted by atomic mass is 15.2. The van der Waals surface area contributed by atoms with Crippen molar-refractivity contribution < 1.29 is 0 Å². The first kappa shape index (κ1) is 14.3. The minimum Gasteiger partial charge on any atom is -0.370 e. The zero-order chi connectivity index (χ0) is 14.7. The van der Waals surface area contributed by atoms with Crippen molar-refractivity contribution >= 4 is 16.6 Å². The average molecular weight is 283 g/mol. The number of pyridine rings is 1. The van der Waals surface area contributed by atoms with Crippen LogP contribution in [-0.2, 0) is 0 Å². The molecular formula is C18H25N3. The summed E-state index contributed by atoms with van der Waals surface area (Å²) < 4.78 is 0. The Kier molecular flexibility index (Phi) is 4.39. The van der Waals surface area contributed by atoms with Gasteiger partial charge in [0.1, 0.15) is 0 Å². The molecule has 1 fully saturated rings. The number of benzene rings is 1. The van der Waals surface area contributed by atoms with Crippen molar-refractivity contribution in [3.63, 3.8) is 0 Å². The summed E-state index contributed by atoms with van der Waals surface area (Å²) in [6.07, 6.45) is 2.49. The van der Waals surface area contributed by atoms with Crippen molar-refractivity contribution in [3.05, 3.63) is 36.0 Å². The fourth-order valence-corrected chi connectivity index (χ4v) is 3.30. The molecule has 0 N–H and O–H groups in total. The fourth-order valence-electron chi connectivity index (χ4n) is 3.30. The topological polar surface area (TPSA) is 19.4 Å². The summed E-state index contributed by atoms with van der Waals surface area (Å²) in [5.74, 6) is 0. The second kappa shape index (κ2) is 6.44. The lowest BCUT2D eigenvalue weighted by atomic mass is 10.1. The standard InChI is InChI=1S/C18H25N3/c1-3-9-20-10-6-11-21(13-12-20)18-14-15(2)19-17-8-5-4-7-16(17)18/h4-5,7-8,14H,3,6,9-13H2,1-2H3. The van der Waals surface area contributed by atoms with Gasteiger partial charge < -0.3 is 9.80 Å². The molecule has 1 aliphatic rings. The molecule has 2 aromatic rings. The molecule has 0 bridgehead atoms. The smallest absolute Gasteiger partial charge is 0.0726 e. The molecule has 1 aromatic carbocycles. The lowest BCUT2D eigenvalue weighted by molar-refractivity contribution is 0.294. The van der Waals surface area contributed by atoms with Crippen molar-refractivity contribution in [2.45, 2.75) is 26.7 Å². The molecule has 0 aliphatic carbocycles. The Labute approximate surface area is 127 Å². The molecule has 0 radical (unpaired) electrons. The Balaban J connectivity index is 1.89. The zero-order valence-electron chi connectivity index (χ0n) is 13.2. The number of aryl methyl sites for hydroxylation is 1. The van der Waals surface area contributed by atoms with Gasteiger partial charge in [-0.05, 0) is 45.0 Å². The molecule has 0 amide bonds. The number of rotatable bonds is 3. The van der Waals surface area contributed by atoms with Gasteiger partial charge in [-0.3, -0.25) is 4.98 Å². The van der Waals surface area contributed by atoms with Crippen LogP contribution in [0.25, 0.3) is 10.9 Å². The van der Waals surface area contributed by atoms with Gasteiger partial charge in [0.2, 0.25) is 0 Å². The van der Waals surface area contributed by atoms with Gasteiger partial charge in [-0.25, -0.2) is 0 Å². The molecule has 112 valence electrons. The third-order valence-corrected chi connectivity index (χ3v) is 4.29. The van der Waals surface area contributed by atoms with Crippen LogP contribution in [0.4, 0.5) is 5.69 Å². The summed E-state index contributed by atoms with van der Waals surface area (Å²) in [6.45, 7) is 10.3. The Hall–Kier alpha value is -1.61. The van der Waals surface area contributed by atoms with Crippen molar-refractivity contribution in [1.29, 1.82) is 0 Å². The van der Waals surface area contributed by atoms with Crippen LogP contribution in [0.2, 0.25) is 0 Å². The molecule has 1 aromatic heterocycles. The van der Waals surface area contributed by atoms with Crippen molar-refractivity contribution in [2.75, 3.05) is 37.6 Å². The van der Waals surface area contributed by atoms with Crippen molar-refractivity contribution in [2.24, 2.45) is 0 Å². The van der Waals surface area contributed by atoms with Gasteiger partial charge in [0, 0.05) is 36.4 Å². The van der Waals surface area contributed by atoms with Gasteiger partial charge in [-0.15, -0.1) is 0 Å². The number of nitrogens with zero attached hydrogens (tertiary/aromatic N) is 3. The lowest BCUT2D eigenvalue weighted by Gasteiger charge is -2.25. The van der Waals surface area contributed by atoms with Gasteiger partial charge in [0.15, 0.2) is 0 Å². The summed E-state index contributed by atoms with van der Waals surface area (Å²) >= 11 is 0. The molecule has 2 heterocycles. The second-order valence-corrected chi connectivity index (χ2v) is 5.98. The van der Waals surface area contributed by atoms with E-state index in [9.17, 15) is 0 Å². The Morgan fingerprint density at radius 2 is 1.95 bits per heavy atom. The minimum absolute atomic E-state index is 1.11. The van der Waals surface area contributed by atoms with Crippen LogP contribution in [0.3, 0.4) is 0 Å². The Morgan fingerprint density at radius 3 is 2.81 bits per heavy atom. The monoisotopic (exact) mass is 283 g/mol. The van der Waals surface area contributed by atoms with Crippen molar-refractivity contribution in [1.82, 2.24) is 9.88 Å². The van der Waals surface area contributed by atoms with Gasteiger partial charge in [-0.1, -0.05) is 25.1 Å². The highest BCUT2D eigenvalue weighted by Gasteiger charge is 2.16. The van der Waals surface area contributed by atoms with Crippen LogP contribution in [0.15, 0.2) is 30.3 Å². The van der Waals surface area contributed by atoms with E-state index in [2.05, 4.69) is 59.0 Å². The normalized spacial score (nSPS) is 17.1. The van der Waals surface area contributed by atoms with Crippen LogP contribution in [0.1, 0.15) is 25.5 Å². The molecule has 1 saturated heterocycles. The number of aromatic nitrogens is 1. The molecule has 3 nitrogen and oxygen atoms in total. The molecule has 3 heteroatoms. The van der Waals surface area contributed by atoms with Gasteiger partial charge in [-0.2, -0.15) is 0 Å². The number of anilines is 1. The molecule has 0 atom stereocenters. The summed E-state index contributed by atoms with van der Waals surface area (Å²) in [5, 5.41) is 1.28. The quantitative estimate of drug-likeness (QED) is 0.860. The first-order chi connectivity index (χ1) is 10.3. The molecule has 0 unspecified atom stereocenters. The summed E-state index contributed by atoms with van der Waals surface area (Å²) in [4.78, 5) is 9.80. The van der Waals surface area contributed by atoms with E-state index >= 15 is 0 Å². The minimum atomic E-state index is 1.11. The third kappa shape index (κ3) is 3.18. The molecule has 21 heavy (non-hydrogen) atoms. The predicted molar refractivity (Wildman–Crippen MR) is 90.0 cm³/mol. The first-order valence-corrected chi connectivity index (χ1v) is 8.11. The van der Waals surface area contributed by atoms with E-state index in [1.165, 1.54) is 43.5 Å². The Morgan fingerprint density at radius 1 is 1.10 bits per heavy atom. The van der Waals surface area contributed by atoms with E-state index < -0.39 is 0 Å². The fraction of sp³-hybridized carbons (Fsp3) is 0.500. The number of hydrogen-bond acceptors (Lipinski definition) is 3. The van der Waals surface area contributed by atoms with E-state index in [0.29, 0.717) is 0 Å². The third-order valence-electron chi connectivity index (χ3n) is 4.29. The molecule has 0 spiro atoms. The first-order valence-electron chi connectivity index (χ1n) is 8.11. The largest absolute Gasteiger partial charge is 0.370 e. The lowest BCUT2D eigenvalue weighted by Crippen LogP contribution is -2.31. The molecule has 0 saturated carbocycles. The van der Waals surface area contributed by atoms with E-state index in [4.69, 9.17) is 0 Å². The van der Waals surface area contributed by atoms with Crippen LogP contribution in [-0.4, -0.2) is 42.6 Å². The number of fused-ring (bicyclic) bond motifs is 1. The maximum Gasteiger partial charge on any atom is 0.0726 e. The van der Waals surface area contributed by atoms with Crippen LogP contribution < -0.4 is 4.90 Å². The number of hydrogen-bond donors (Lipinski definition) is 0. The van der Waals surface area contributed by atoms with Crippen LogP contribution in [0.5, 0.6) is 0 Å². The van der Waals surface area contributed by atoms with Crippen molar-refractivity contribution in [3.8, 4) is 0 Å². The number of para-hydroxylation sites is 1. The summed E-state index contributed by atoms with van der Waals surface area (Å²) in [7, 11) is 0. The van der Waals surface area contributed by atoms with E-state index in [1.807, 2.05) is 0 Å². The van der Waals surface area contributed by atoms with Gasteiger partial charge in [0.25, 0.3) is 0 Å². The molecule has 1 aliphatic heterocycles. The summed E-state index contributed by atoms with van der Waals surface area (Å²) in [6, 6.07) is 10.8. The predicted octanol–water partition coefficient (Wildman–Crippen LogP) is 3.47. The second-order valence-electron chi connectivity index (χ2n) is 5.98. The summed E-state index contributed by atoms with van der Waals surface area (Å²) in [5.41, 5.74) is 3.58. The van der Waals surface area contributed by atoms with E-state index in [0.717, 1.165) is 24.3 Å². The molecule has 3 rings (SSSR count). The van der Waals surface area contributed by atoms with Crippen LogP contribution >= 0.6 is 0 Å².